The average Bonchev–Trinajstić information content (AvgIpc) is 3.10. The van der Waals surface area contributed by atoms with Gasteiger partial charge in [0.15, 0.2) is 0 Å². The number of fused-ring (bicyclic) bond motifs is 1. The van der Waals surface area contributed by atoms with Crippen molar-refractivity contribution in [3.8, 4) is 0 Å². The number of aliphatic hydroxyl groups excluding tert-OH is 1. The molecule has 3 N–H and O–H groups in total. The topological polar surface area (TPSA) is 65.1 Å². The summed E-state index contributed by atoms with van der Waals surface area (Å²) < 4.78 is 0. The highest BCUT2D eigenvalue weighted by Crippen LogP contribution is 2.22. The quantitative estimate of drug-likeness (QED) is 0.540. The Morgan fingerprint density at radius 2 is 1.85 bits per heavy atom. The summed E-state index contributed by atoms with van der Waals surface area (Å²) in [7, 11) is 0. The zero-order valence-corrected chi connectivity index (χ0v) is 15.9. The molecule has 27 heavy (non-hydrogen) atoms. The predicted octanol–water partition coefficient (Wildman–Crippen LogP) is 3.85. The summed E-state index contributed by atoms with van der Waals surface area (Å²) in [6.07, 6.45) is 4.94. The van der Waals surface area contributed by atoms with E-state index in [2.05, 4.69) is 34.6 Å². The summed E-state index contributed by atoms with van der Waals surface area (Å²) in [5.41, 5.74) is 3.20. The highest BCUT2D eigenvalue weighted by Gasteiger charge is 2.24. The van der Waals surface area contributed by atoms with Gasteiger partial charge in [0.1, 0.15) is 0 Å². The van der Waals surface area contributed by atoms with Crippen molar-refractivity contribution in [1.29, 1.82) is 0 Å². The number of hydrogen-bond donors (Lipinski definition) is 3. The number of nitrogens with one attached hydrogen (secondary N) is 2. The van der Waals surface area contributed by atoms with E-state index < -0.39 is 0 Å². The average molecular weight is 364 g/mol. The second-order valence-electron chi connectivity index (χ2n) is 7.62. The second kappa shape index (κ2) is 8.87. The third kappa shape index (κ3) is 5.20. The SMILES string of the molecule is C[C@](CO)(CNC(=O)CCCc1c[nH]c2ccccc12)Cc1ccccc1. The molecule has 3 rings (SSSR count). The molecular formula is C23H28N2O2. The Morgan fingerprint density at radius 1 is 1.11 bits per heavy atom. The lowest BCUT2D eigenvalue weighted by Gasteiger charge is -2.27. The Hall–Kier alpha value is -2.59. The number of hydrogen-bond acceptors (Lipinski definition) is 2. The fourth-order valence-corrected chi connectivity index (χ4v) is 3.44. The Bertz CT molecular complexity index is 872. The summed E-state index contributed by atoms with van der Waals surface area (Å²) >= 11 is 0. The predicted molar refractivity (Wildman–Crippen MR) is 110 cm³/mol. The number of aromatic nitrogens is 1. The Labute approximate surface area is 160 Å². The monoisotopic (exact) mass is 364 g/mol. The molecule has 4 nitrogen and oxygen atoms in total. The van der Waals surface area contributed by atoms with E-state index >= 15 is 0 Å². The van der Waals surface area contributed by atoms with Crippen molar-refractivity contribution in [3.05, 3.63) is 71.9 Å². The van der Waals surface area contributed by atoms with E-state index in [-0.39, 0.29) is 17.9 Å². The van der Waals surface area contributed by atoms with Crippen LogP contribution in [0.25, 0.3) is 10.9 Å². The summed E-state index contributed by atoms with van der Waals surface area (Å²) in [5.74, 6) is 0.0441. The van der Waals surface area contributed by atoms with Gasteiger partial charge in [0.2, 0.25) is 5.91 Å². The number of aromatic amines is 1. The number of aryl methyl sites for hydroxylation is 1. The zero-order chi connectivity index (χ0) is 19.1. The Morgan fingerprint density at radius 3 is 2.63 bits per heavy atom. The maximum Gasteiger partial charge on any atom is 0.220 e. The van der Waals surface area contributed by atoms with Gasteiger partial charge in [0.25, 0.3) is 0 Å². The molecule has 0 aliphatic rings. The van der Waals surface area contributed by atoms with Gasteiger partial charge in [0.05, 0.1) is 6.61 Å². The first-order valence-electron chi connectivity index (χ1n) is 9.56. The van der Waals surface area contributed by atoms with Crippen LogP contribution < -0.4 is 5.32 Å². The minimum absolute atomic E-state index is 0.0392. The van der Waals surface area contributed by atoms with Crippen molar-refractivity contribution in [3.63, 3.8) is 0 Å². The van der Waals surface area contributed by atoms with E-state index in [1.807, 2.05) is 43.5 Å². The van der Waals surface area contributed by atoms with Crippen molar-refractivity contribution in [1.82, 2.24) is 10.3 Å². The number of carbonyl (C=O) groups is 1. The number of aliphatic hydroxyl groups is 1. The van der Waals surface area contributed by atoms with E-state index in [9.17, 15) is 9.90 Å². The van der Waals surface area contributed by atoms with Gasteiger partial charge in [-0.25, -0.2) is 0 Å². The van der Waals surface area contributed by atoms with E-state index in [0.29, 0.717) is 13.0 Å². The molecule has 4 heteroatoms. The van der Waals surface area contributed by atoms with Crippen molar-refractivity contribution in [2.45, 2.75) is 32.6 Å². The molecule has 0 saturated carbocycles. The molecule has 2 aromatic carbocycles. The second-order valence-corrected chi connectivity index (χ2v) is 7.62. The zero-order valence-electron chi connectivity index (χ0n) is 15.9. The summed E-state index contributed by atoms with van der Waals surface area (Å²) in [4.78, 5) is 15.5. The summed E-state index contributed by atoms with van der Waals surface area (Å²) in [5, 5.41) is 14.0. The minimum Gasteiger partial charge on any atom is -0.396 e. The largest absolute Gasteiger partial charge is 0.396 e. The molecule has 1 amide bonds. The first kappa shape index (κ1) is 19.2. The molecule has 3 aromatic rings. The normalized spacial score (nSPS) is 13.4. The van der Waals surface area contributed by atoms with Crippen LogP contribution in [0.2, 0.25) is 0 Å². The molecular weight excluding hydrogens is 336 g/mol. The van der Waals surface area contributed by atoms with Crippen LogP contribution in [0.5, 0.6) is 0 Å². The number of H-pyrrole nitrogens is 1. The standard InChI is InChI=1S/C23H28N2O2/c1-23(17-26,14-18-8-3-2-4-9-18)16-25-22(27)13-7-10-19-15-24-21-12-6-5-11-20(19)21/h2-6,8-9,11-12,15,24,26H,7,10,13-14,16-17H2,1H3,(H,25,27)/t23-/m1/s1. The van der Waals surface area contributed by atoms with Crippen LogP contribution in [0.4, 0.5) is 0 Å². The van der Waals surface area contributed by atoms with Crippen LogP contribution in [0.3, 0.4) is 0 Å². The molecule has 1 aromatic heterocycles. The van der Waals surface area contributed by atoms with Crippen LogP contribution in [0.1, 0.15) is 30.9 Å². The van der Waals surface area contributed by atoms with Crippen molar-refractivity contribution in [2.24, 2.45) is 5.41 Å². The fraction of sp³-hybridized carbons (Fsp3) is 0.348. The Balaban J connectivity index is 1.46. The van der Waals surface area contributed by atoms with Gasteiger partial charge in [-0.3, -0.25) is 4.79 Å². The van der Waals surface area contributed by atoms with Gasteiger partial charge in [-0.2, -0.15) is 0 Å². The van der Waals surface area contributed by atoms with Gasteiger partial charge in [0, 0.05) is 35.5 Å². The molecule has 1 heterocycles. The number of amides is 1. The molecule has 0 bridgehead atoms. The lowest BCUT2D eigenvalue weighted by molar-refractivity contribution is -0.121. The molecule has 0 spiro atoms. The van der Waals surface area contributed by atoms with Crippen LogP contribution in [0, 0.1) is 5.41 Å². The minimum atomic E-state index is -0.353. The summed E-state index contributed by atoms with van der Waals surface area (Å²) in [6, 6.07) is 18.3. The highest BCUT2D eigenvalue weighted by molar-refractivity contribution is 5.83. The lowest BCUT2D eigenvalue weighted by Crippen LogP contribution is -2.39. The van der Waals surface area contributed by atoms with E-state index in [1.165, 1.54) is 16.5 Å². The van der Waals surface area contributed by atoms with Gasteiger partial charge in [-0.05, 0) is 36.5 Å². The fourth-order valence-electron chi connectivity index (χ4n) is 3.44. The number of benzene rings is 2. The number of rotatable bonds is 9. The van der Waals surface area contributed by atoms with Crippen molar-refractivity contribution in [2.75, 3.05) is 13.2 Å². The molecule has 142 valence electrons. The number of carbonyl (C=O) groups excluding carboxylic acids is 1. The molecule has 0 unspecified atom stereocenters. The maximum atomic E-state index is 12.2. The number of para-hydroxylation sites is 1. The van der Waals surface area contributed by atoms with Gasteiger partial charge in [-0.15, -0.1) is 0 Å². The smallest absolute Gasteiger partial charge is 0.220 e. The van der Waals surface area contributed by atoms with Crippen LogP contribution in [-0.4, -0.2) is 29.1 Å². The van der Waals surface area contributed by atoms with Crippen molar-refractivity contribution >= 4 is 16.8 Å². The van der Waals surface area contributed by atoms with E-state index in [0.717, 1.165) is 24.8 Å². The Kier molecular flexibility index (Phi) is 6.30. The van der Waals surface area contributed by atoms with Crippen LogP contribution >= 0.6 is 0 Å². The van der Waals surface area contributed by atoms with Crippen molar-refractivity contribution < 1.29 is 9.90 Å². The third-order valence-corrected chi connectivity index (χ3v) is 5.09. The maximum absolute atomic E-state index is 12.2. The van der Waals surface area contributed by atoms with Crippen LogP contribution in [0.15, 0.2) is 60.8 Å². The van der Waals surface area contributed by atoms with Gasteiger partial charge < -0.3 is 15.4 Å². The molecule has 0 radical (unpaired) electrons. The molecule has 0 aliphatic carbocycles. The van der Waals surface area contributed by atoms with E-state index in [1.54, 1.807) is 0 Å². The molecule has 0 aliphatic heterocycles. The first-order valence-corrected chi connectivity index (χ1v) is 9.56. The van der Waals surface area contributed by atoms with Crippen LogP contribution in [-0.2, 0) is 17.6 Å². The molecule has 0 saturated heterocycles. The lowest BCUT2D eigenvalue weighted by atomic mass is 9.84. The van der Waals surface area contributed by atoms with Gasteiger partial charge >= 0.3 is 0 Å². The van der Waals surface area contributed by atoms with E-state index in [4.69, 9.17) is 0 Å². The molecule has 0 fully saturated rings. The highest BCUT2D eigenvalue weighted by atomic mass is 16.3. The molecule has 1 atom stereocenters. The first-order chi connectivity index (χ1) is 13.1. The van der Waals surface area contributed by atoms with Gasteiger partial charge in [-0.1, -0.05) is 55.5 Å². The summed E-state index contributed by atoms with van der Waals surface area (Å²) in [6.45, 7) is 2.52. The third-order valence-electron chi connectivity index (χ3n) is 5.09.